The van der Waals surface area contributed by atoms with E-state index in [0.717, 1.165) is 26.4 Å². The van der Waals surface area contributed by atoms with Crippen molar-refractivity contribution in [3.63, 3.8) is 0 Å². The van der Waals surface area contributed by atoms with Gasteiger partial charge in [-0.05, 0) is 20.3 Å². The summed E-state index contributed by atoms with van der Waals surface area (Å²) in [6.07, 6.45) is 3.76. The number of hydrogen-bond donors (Lipinski definition) is 0. The number of carbonyl (C=O) groups is 5. The van der Waals surface area contributed by atoms with Gasteiger partial charge in [-0.3, -0.25) is 19.2 Å². The van der Waals surface area contributed by atoms with Crippen molar-refractivity contribution in [3.05, 3.63) is 0 Å². The van der Waals surface area contributed by atoms with Crippen molar-refractivity contribution in [2.24, 2.45) is 5.92 Å². The Hall–Kier alpha value is 0.0700. The second-order valence-electron chi connectivity index (χ2n) is 4.96. The molecule has 1 unspecified atom stereocenters. The minimum Gasteiger partial charge on any atom is -0.870 e. The maximum atomic E-state index is 10.5. The molecule has 148 valence electrons. The summed E-state index contributed by atoms with van der Waals surface area (Å²) in [5, 5.41) is 8.25. The number of hydrogen-bond acceptors (Lipinski definition) is 8. The molecule has 27 heavy (non-hydrogen) atoms. The number of methoxy groups -OCH3 is 1. The molecule has 0 bridgehead atoms. The molecule has 2 saturated carbocycles. The molecule has 0 heterocycles. The van der Waals surface area contributed by atoms with E-state index in [4.69, 9.17) is 5.11 Å². The molecule has 2 aliphatic carbocycles. The van der Waals surface area contributed by atoms with Gasteiger partial charge in [0.05, 0.1) is 13.0 Å². The van der Waals surface area contributed by atoms with Gasteiger partial charge in [-0.2, -0.15) is 7.11 Å². The van der Waals surface area contributed by atoms with Gasteiger partial charge in [0, 0.05) is 32.6 Å². The van der Waals surface area contributed by atoms with Crippen LogP contribution in [0.15, 0.2) is 0 Å². The van der Waals surface area contributed by atoms with Crippen molar-refractivity contribution >= 4 is 29.1 Å². The van der Waals surface area contributed by atoms with Crippen LogP contribution in [0.2, 0.25) is 0 Å². The third-order valence-electron chi connectivity index (χ3n) is 2.80. The summed E-state index contributed by atoms with van der Waals surface area (Å²) in [6.45, 7) is 6.27. The van der Waals surface area contributed by atoms with Crippen LogP contribution in [-0.4, -0.2) is 48.8 Å². The summed E-state index contributed by atoms with van der Waals surface area (Å²) in [7, 11) is 2.10. The Labute approximate surface area is 206 Å². The Morgan fingerprint density at radius 3 is 1.30 bits per heavy atom. The monoisotopic (exact) mass is 408 g/mol. The Bertz CT molecular complexity index is 397. The fourth-order valence-electron chi connectivity index (χ4n) is 0.888. The Morgan fingerprint density at radius 2 is 1.30 bits per heavy atom. The molecule has 0 saturated heterocycles. The molecule has 0 aromatic carbocycles. The molecule has 2 aliphatic rings. The summed E-state index contributed by atoms with van der Waals surface area (Å²) in [4.78, 5) is 49.8. The van der Waals surface area contributed by atoms with Crippen molar-refractivity contribution in [3.8, 4) is 0 Å². The normalized spacial score (nSPS) is 14.1. The summed E-state index contributed by atoms with van der Waals surface area (Å²) >= 11 is 0. The molecule has 0 spiro atoms. The molecule has 2 rings (SSSR count). The van der Waals surface area contributed by atoms with Crippen molar-refractivity contribution < 1.29 is 98.4 Å². The number of ketones is 4. The zero-order chi connectivity index (χ0) is 19.7. The molecule has 1 N–H and O–H groups in total. The van der Waals surface area contributed by atoms with E-state index in [-0.39, 0.29) is 93.8 Å². The van der Waals surface area contributed by atoms with Crippen LogP contribution in [0.1, 0.15) is 59.8 Å². The first kappa shape index (κ1) is 41.4. The molecule has 1 atom stereocenters. The summed E-state index contributed by atoms with van der Waals surface area (Å²) in [5.41, 5.74) is 0. The van der Waals surface area contributed by atoms with Crippen LogP contribution in [0.25, 0.3) is 0 Å². The third kappa shape index (κ3) is 37.5. The first-order chi connectivity index (χ1) is 11.1. The standard InChI is InChI=1S/C6H8O2.C4H8O.C3H6O2.C3H4O.CH3O.2Na.H2O/c1-4(7)5-2-3-6(5)8;1-3-4(2)5;1-3(4)5-2;4-3-1-2-3;1-2;;;/h5H,2-3H2,1H3;3H2,1-2H3;1-2H3;1-2H2;1H3;;;1H2/q;;;;-1;2*+1;/p-1. The van der Waals surface area contributed by atoms with Crippen molar-refractivity contribution in [1.29, 1.82) is 0 Å². The van der Waals surface area contributed by atoms with Crippen LogP contribution in [0.4, 0.5) is 0 Å². The van der Waals surface area contributed by atoms with Crippen LogP contribution in [0, 0.1) is 5.92 Å². The van der Waals surface area contributed by atoms with Gasteiger partial charge in [0.2, 0.25) is 0 Å². The van der Waals surface area contributed by atoms with Gasteiger partial charge in [-0.1, -0.05) is 6.92 Å². The van der Waals surface area contributed by atoms with E-state index in [1.807, 2.05) is 6.92 Å². The molecule has 0 amide bonds. The number of esters is 1. The van der Waals surface area contributed by atoms with Gasteiger partial charge in [0.1, 0.15) is 23.1 Å². The Morgan fingerprint density at radius 1 is 1.00 bits per heavy atom. The van der Waals surface area contributed by atoms with E-state index in [1.165, 1.54) is 21.0 Å². The van der Waals surface area contributed by atoms with Gasteiger partial charge in [0.15, 0.2) is 0 Å². The van der Waals surface area contributed by atoms with E-state index >= 15 is 0 Å². The smallest absolute Gasteiger partial charge is 0.870 e. The minimum atomic E-state index is -0.245. The molecular formula is C17H30Na2O8. The Kier molecular flexibility index (Phi) is 43.4. The molecule has 10 heteroatoms. The quantitative estimate of drug-likeness (QED) is 0.250. The topological polar surface area (TPSA) is 148 Å². The second kappa shape index (κ2) is 28.3. The first-order valence-corrected chi connectivity index (χ1v) is 7.65. The Balaban J connectivity index is -0.0000000524. The van der Waals surface area contributed by atoms with Crippen LogP contribution in [0.5, 0.6) is 0 Å². The SMILES string of the molecule is CC(=O)C1CCC1=O.CCC(C)=O.COC(C)=O.C[O-].O=C1CC1.[Na+].[Na+].[OH-]. The van der Waals surface area contributed by atoms with E-state index in [0.29, 0.717) is 18.6 Å². The van der Waals surface area contributed by atoms with Gasteiger partial charge in [-0.15, -0.1) is 0 Å². The molecule has 0 aromatic heterocycles. The fourth-order valence-corrected chi connectivity index (χ4v) is 0.888. The zero-order valence-corrected chi connectivity index (χ0v) is 21.9. The van der Waals surface area contributed by atoms with Gasteiger partial charge in [-0.25, -0.2) is 0 Å². The third-order valence-corrected chi connectivity index (χ3v) is 2.80. The maximum Gasteiger partial charge on any atom is 1.00 e. The number of Topliss-reactive ketones (excluding diaryl/α,β-unsaturated/α-hetero) is 4. The summed E-state index contributed by atoms with van der Waals surface area (Å²) < 4.78 is 4.11. The number of rotatable bonds is 2. The average molecular weight is 408 g/mol. The summed E-state index contributed by atoms with van der Waals surface area (Å²) in [5.74, 6) is 0.351. The van der Waals surface area contributed by atoms with Crippen LogP contribution in [-0.2, 0) is 28.7 Å². The maximum absolute atomic E-state index is 10.5. The van der Waals surface area contributed by atoms with Gasteiger partial charge >= 0.3 is 65.1 Å². The molecule has 0 aromatic rings. The predicted octanol–water partition coefficient (Wildman–Crippen LogP) is -5.12. The van der Waals surface area contributed by atoms with Crippen molar-refractivity contribution in [1.82, 2.24) is 0 Å². The largest absolute Gasteiger partial charge is 1.00 e. The molecule has 0 radical (unpaired) electrons. The first-order valence-electron chi connectivity index (χ1n) is 7.65. The van der Waals surface area contributed by atoms with Gasteiger partial charge < -0.3 is 20.1 Å². The second-order valence-corrected chi connectivity index (χ2v) is 4.96. The van der Waals surface area contributed by atoms with E-state index in [1.54, 1.807) is 6.92 Å². The molecule has 8 nitrogen and oxygen atoms in total. The predicted molar refractivity (Wildman–Crippen MR) is 89.2 cm³/mol. The van der Waals surface area contributed by atoms with Crippen LogP contribution < -0.4 is 64.2 Å². The molecular weight excluding hydrogens is 378 g/mol. The van der Waals surface area contributed by atoms with E-state index < -0.39 is 0 Å². The zero-order valence-electron chi connectivity index (χ0n) is 17.9. The van der Waals surface area contributed by atoms with E-state index in [9.17, 15) is 24.0 Å². The average Bonchev–Trinajstić information content (AvgIpc) is 3.31. The van der Waals surface area contributed by atoms with E-state index in [2.05, 4.69) is 4.74 Å². The molecule has 0 aliphatic heterocycles. The number of carbonyl (C=O) groups excluding carboxylic acids is 5. The minimum absolute atomic E-state index is 0. The van der Waals surface area contributed by atoms with Gasteiger partial charge in [0.25, 0.3) is 0 Å². The molecule has 2 fully saturated rings. The van der Waals surface area contributed by atoms with Crippen LogP contribution >= 0.6 is 0 Å². The van der Waals surface area contributed by atoms with Crippen molar-refractivity contribution in [2.45, 2.75) is 59.8 Å². The van der Waals surface area contributed by atoms with Crippen molar-refractivity contribution in [2.75, 3.05) is 14.2 Å². The number of ether oxygens (including phenoxy) is 1. The van der Waals surface area contributed by atoms with Crippen LogP contribution in [0.3, 0.4) is 0 Å². The fraction of sp³-hybridized carbons (Fsp3) is 0.706. The summed E-state index contributed by atoms with van der Waals surface area (Å²) in [6, 6.07) is 0.